The van der Waals surface area contributed by atoms with Gasteiger partial charge >= 0.3 is 0 Å². The topological polar surface area (TPSA) is 53.5 Å². The Balaban J connectivity index is 1.47. The standard InChI is InChI=1S/C24H21F2N3O2/c1-28-14-18-10-15(2-5-20(18)23(28)31)21-13-27-12-17-11-16(3-4-19(17)21)22(30)29-8-6-24(25,26)7-9-29/h2-5,10-13H,6-9,14H2,1H3. The molecule has 31 heavy (non-hydrogen) atoms. The van der Waals surface area contributed by atoms with Crippen molar-refractivity contribution in [2.75, 3.05) is 20.1 Å². The monoisotopic (exact) mass is 421 g/mol. The first-order chi connectivity index (χ1) is 14.8. The van der Waals surface area contributed by atoms with Crippen molar-refractivity contribution in [3.8, 4) is 11.1 Å². The van der Waals surface area contributed by atoms with Gasteiger partial charge in [0.2, 0.25) is 0 Å². The second-order valence-electron chi connectivity index (χ2n) is 8.30. The number of fused-ring (bicyclic) bond motifs is 2. The minimum absolute atomic E-state index is 0.0243. The Labute approximate surface area is 178 Å². The molecule has 0 N–H and O–H groups in total. The molecule has 2 aromatic carbocycles. The van der Waals surface area contributed by atoms with Gasteiger partial charge in [0, 0.05) is 74.0 Å². The molecule has 1 aromatic heterocycles. The van der Waals surface area contributed by atoms with Gasteiger partial charge in [-0.25, -0.2) is 8.78 Å². The van der Waals surface area contributed by atoms with E-state index >= 15 is 0 Å². The van der Waals surface area contributed by atoms with Crippen LogP contribution in [0.25, 0.3) is 21.9 Å². The molecule has 0 radical (unpaired) electrons. The third kappa shape index (κ3) is 3.44. The molecule has 0 aliphatic carbocycles. The first-order valence-electron chi connectivity index (χ1n) is 10.3. The SMILES string of the molecule is CN1Cc2cc(-c3cncc4cc(C(=O)N5CCC(F)(F)CC5)ccc34)ccc2C1=O. The summed E-state index contributed by atoms with van der Waals surface area (Å²) in [7, 11) is 1.78. The van der Waals surface area contributed by atoms with Crippen LogP contribution < -0.4 is 0 Å². The molecular weight excluding hydrogens is 400 g/mol. The van der Waals surface area contributed by atoms with E-state index in [4.69, 9.17) is 0 Å². The van der Waals surface area contributed by atoms with Gasteiger partial charge in [0.15, 0.2) is 0 Å². The quantitative estimate of drug-likeness (QED) is 0.618. The summed E-state index contributed by atoms with van der Waals surface area (Å²) in [5.74, 6) is -2.90. The van der Waals surface area contributed by atoms with Gasteiger partial charge in [-0.05, 0) is 40.8 Å². The lowest BCUT2D eigenvalue weighted by Gasteiger charge is -2.31. The van der Waals surface area contributed by atoms with Gasteiger partial charge in [-0.2, -0.15) is 0 Å². The molecule has 2 amide bonds. The maximum absolute atomic E-state index is 13.4. The molecule has 0 spiro atoms. The van der Waals surface area contributed by atoms with Crippen LogP contribution in [0.4, 0.5) is 8.78 Å². The summed E-state index contributed by atoms with van der Waals surface area (Å²) >= 11 is 0. The first kappa shape index (κ1) is 19.6. The number of nitrogens with zero attached hydrogens (tertiary/aromatic N) is 3. The molecule has 3 aromatic rings. The van der Waals surface area contributed by atoms with Crippen molar-refractivity contribution in [3.05, 3.63) is 65.5 Å². The predicted molar refractivity (Wildman–Crippen MR) is 113 cm³/mol. The Morgan fingerprint density at radius 1 is 1.03 bits per heavy atom. The first-order valence-corrected chi connectivity index (χ1v) is 10.3. The second kappa shape index (κ2) is 7.11. The van der Waals surface area contributed by atoms with Crippen molar-refractivity contribution in [1.82, 2.24) is 14.8 Å². The molecule has 0 atom stereocenters. The average Bonchev–Trinajstić information content (AvgIpc) is 3.05. The van der Waals surface area contributed by atoms with E-state index < -0.39 is 5.92 Å². The smallest absolute Gasteiger partial charge is 0.254 e. The Hall–Kier alpha value is -3.35. The van der Waals surface area contributed by atoms with E-state index in [2.05, 4.69) is 4.98 Å². The Bertz CT molecular complexity index is 1210. The highest BCUT2D eigenvalue weighted by atomic mass is 19.3. The number of benzene rings is 2. The third-order valence-electron chi connectivity index (χ3n) is 6.19. The van der Waals surface area contributed by atoms with Crippen molar-refractivity contribution >= 4 is 22.6 Å². The van der Waals surface area contributed by atoms with Crippen LogP contribution in [0.1, 0.15) is 39.1 Å². The molecule has 5 rings (SSSR count). The average molecular weight is 421 g/mol. The minimum atomic E-state index is -2.69. The van der Waals surface area contributed by atoms with E-state index in [0.29, 0.717) is 12.1 Å². The lowest BCUT2D eigenvalue weighted by Crippen LogP contribution is -2.42. The fraction of sp³-hybridized carbons (Fsp3) is 0.292. The molecule has 7 heteroatoms. The summed E-state index contributed by atoms with van der Waals surface area (Å²) < 4.78 is 26.8. The summed E-state index contributed by atoms with van der Waals surface area (Å²) in [5.41, 5.74) is 4.05. The number of carbonyl (C=O) groups excluding carboxylic acids is 2. The number of rotatable bonds is 2. The van der Waals surface area contributed by atoms with E-state index in [9.17, 15) is 18.4 Å². The molecule has 5 nitrogen and oxygen atoms in total. The van der Waals surface area contributed by atoms with Crippen molar-refractivity contribution in [2.24, 2.45) is 0 Å². The zero-order chi connectivity index (χ0) is 21.8. The summed E-state index contributed by atoms with van der Waals surface area (Å²) in [6, 6.07) is 11.2. The molecule has 2 aliphatic rings. The zero-order valence-corrected chi connectivity index (χ0v) is 17.1. The summed E-state index contributed by atoms with van der Waals surface area (Å²) in [6.07, 6.45) is 2.88. The maximum Gasteiger partial charge on any atom is 0.254 e. The molecule has 0 saturated carbocycles. The lowest BCUT2D eigenvalue weighted by molar-refractivity contribution is -0.0494. The fourth-order valence-electron chi connectivity index (χ4n) is 4.39. The summed E-state index contributed by atoms with van der Waals surface area (Å²) in [6.45, 7) is 0.697. The van der Waals surface area contributed by atoms with Crippen LogP contribution in [0.15, 0.2) is 48.8 Å². The van der Waals surface area contributed by atoms with E-state index in [1.54, 1.807) is 36.5 Å². The van der Waals surface area contributed by atoms with E-state index in [-0.39, 0.29) is 37.7 Å². The lowest BCUT2D eigenvalue weighted by atomic mass is 9.96. The second-order valence-corrected chi connectivity index (χ2v) is 8.30. The number of hydrogen-bond acceptors (Lipinski definition) is 3. The van der Waals surface area contributed by atoms with Gasteiger partial charge in [0.1, 0.15) is 0 Å². The molecule has 0 bridgehead atoms. The number of amides is 2. The molecule has 1 fully saturated rings. The molecule has 1 saturated heterocycles. The zero-order valence-electron chi connectivity index (χ0n) is 17.1. The van der Waals surface area contributed by atoms with Crippen LogP contribution in [0.2, 0.25) is 0 Å². The molecular formula is C24H21F2N3O2. The van der Waals surface area contributed by atoms with Crippen LogP contribution >= 0.6 is 0 Å². The number of pyridine rings is 1. The number of alkyl halides is 2. The summed E-state index contributed by atoms with van der Waals surface area (Å²) in [5, 5.41) is 1.74. The van der Waals surface area contributed by atoms with Gasteiger partial charge in [0.25, 0.3) is 17.7 Å². The van der Waals surface area contributed by atoms with Crippen molar-refractivity contribution < 1.29 is 18.4 Å². The van der Waals surface area contributed by atoms with Crippen LogP contribution in [0, 0.1) is 0 Å². The highest BCUT2D eigenvalue weighted by Crippen LogP contribution is 2.33. The van der Waals surface area contributed by atoms with Gasteiger partial charge in [-0.3, -0.25) is 14.6 Å². The minimum Gasteiger partial charge on any atom is -0.338 e. The number of likely N-dealkylation sites (tertiary alicyclic amines) is 1. The molecule has 0 unspecified atom stereocenters. The van der Waals surface area contributed by atoms with E-state index in [0.717, 1.165) is 33.0 Å². The van der Waals surface area contributed by atoms with Gasteiger partial charge in [-0.1, -0.05) is 12.1 Å². The van der Waals surface area contributed by atoms with Crippen LogP contribution in [-0.2, 0) is 6.54 Å². The van der Waals surface area contributed by atoms with E-state index in [1.807, 2.05) is 24.3 Å². The Morgan fingerprint density at radius 3 is 2.58 bits per heavy atom. The predicted octanol–water partition coefficient (Wildman–Crippen LogP) is 4.36. The van der Waals surface area contributed by atoms with Gasteiger partial charge in [0.05, 0.1) is 0 Å². The maximum atomic E-state index is 13.4. The number of piperidine rings is 1. The number of aromatic nitrogens is 1. The number of halogens is 2. The molecule has 3 heterocycles. The number of hydrogen-bond donors (Lipinski definition) is 0. The van der Waals surface area contributed by atoms with Crippen LogP contribution in [-0.4, -0.2) is 52.7 Å². The van der Waals surface area contributed by atoms with E-state index in [1.165, 1.54) is 4.90 Å². The van der Waals surface area contributed by atoms with Crippen LogP contribution in [0.3, 0.4) is 0 Å². The van der Waals surface area contributed by atoms with Crippen molar-refractivity contribution in [1.29, 1.82) is 0 Å². The van der Waals surface area contributed by atoms with Crippen LogP contribution in [0.5, 0.6) is 0 Å². The van der Waals surface area contributed by atoms with Gasteiger partial charge in [-0.15, -0.1) is 0 Å². The fourth-order valence-corrected chi connectivity index (χ4v) is 4.39. The molecule has 158 valence electrons. The highest BCUT2D eigenvalue weighted by Gasteiger charge is 2.35. The summed E-state index contributed by atoms with van der Waals surface area (Å²) in [4.78, 5) is 32.5. The number of carbonyl (C=O) groups is 2. The largest absolute Gasteiger partial charge is 0.338 e. The third-order valence-corrected chi connectivity index (χ3v) is 6.19. The normalized spacial score (nSPS) is 17.8. The van der Waals surface area contributed by atoms with Crippen molar-refractivity contribution in [2.45, 2.75) is 25.3 Å². The highest BCUT2D eigenvalue weighted by molar-refractivity contribution is 6.03. The Morgan fingerprint density at radius 2 is 1.81 bits per heavy atom. The van der Waals surface area contributed by atoms with Crippen molar-refractivity contribution in [3.63, 3.8) is 0 Å². The molecule has 2 aliphatic heterocycles. The van der Waals surface area contributed by atoms with Gasteiger partial charge < -0.3 is 9.80 Å². The Kier molecular flexibility index (Phi) is 4.50.